The molecule has 0 heterocycles. The molecule has 0 saturated heterocycles. The van der Waals surface area contributed by atoms with E-state index in [0.29, 0.717) is 18.1 Å². The Bertz CT molecular complexity index is 886. The monoisotopic (exact) mass is 373 g/mol. The largest absolute Gasteiger partial charge is 0.494 e. The Morgan fingerprint density at radius 2 is 1.68 bits per heavy atom. The summed E-state index contributed by atoms with van der Waals surface area (Å²) in [7, 11) is 0. The lowest BCUT2D eigenvalue weighted by Gasteiger charge is -2.10. The number of rotatable bonds is 8. The van der Waals surface area contributed by atoms with Crippen LogP contribution in [0.3, 0.4) is 0 Å². The van der Waals surface area contributed by atoms with E-state index < -0.39 is 0 Å². The molecule has 0 bridgehead atoms. The Morgan fingerprint density at radius 3 is 2.39 bits per heavy atom. The van der Waals surface area contributed by atoms with Crippen LogP contribution in [0, 0.1) is 0 Å². The number of anilines is 1. The Hall–Kier alpha value is -3.07. The van der Waals surface area contributed by atoms with E-state index in [2.05, 4.69) is 43.4 Å². The van der Waals surface area contributed by atoms with Crippen LogP contribution in [-0.4, -0.2) is 12.5 Å². The Labute approximate surface area is 167 Å². The minimum absolute atomic E-state index is 0.114. The van der Waals surface area contributed by atoms with Crippen LogP contribution in [0.1, 0.15) is 47.7 Å². The number of amides is 1. The van der Waals surface area contributed by atoms with Crippen molar-refractivity contribution in [3.05, 3.63) is 95.6 Å². The van der Waals surface area contributed by atoms with Crippen LogP contribution in [0.15, 0.2) is 78.9 Å². The second-order valence-electron chi connectivity index (χ2n) is 7.20. The molecule has 0 saturated carbocycles. The van der Waals surface area contributed by atoms with Crippen molar-refractivity contribution < 1.29 is 9.53 Å². The minimum atomic E-state index is -0.114. The Balaban J connectivity index is 1.51. The molecule has 1 N–H and O–H groups in total. The van der Waals surface area contributed by atoms with Gasteiger partial charge in [0.1, 0.15) is 5.75 Å². The second kappa shape index (κ2) is 9.75. The third kappa shape index (κ3) is 5.71. The number of hydrogen-bond donors (Lipinski definition) is 1. The highest BCUT2D eigenvalue weighted by Gasteiger charge is 2.08. The summed E-state index contributed by atoms with van der Waals surface area (Å²) in [5, 5.41) is 2.94. The van der Waals surface area contributed by atoms with Crippen molar-refractivity contribution in [2.24, 2.45) is 0 Å². The number of benzene rings is 3. The molecular weight excluding hydrogens is 346 g/mol. The number of aryl methyl sites for hydroxylation is 1. The molecule has 0 aliphatic heterocycles. The molecule has 3 aromatic rings. The first-order valence-electron chi connectivity index (χ1n) is 9.80. The lowest BCUT2D eigenvalue weighted by atomic mass is 10.0. The molecular formula is C25H27NO2. The first-order valence-corrected chi connectivity index (χ1v) is 9.80. The summed E-state index contributed by atoms with van der Waals surface area (Å²) in [5.41, 5.74) is 3.93. The predicted octanol–water partition coefficient (Wildman–Crippen LogP) is 6.07. The summed E-state index contributed by atoms with van der Waals surface area (Å²) in [6.45, 7) is 4.92. The van der Waals surface area contributed by atoms with Crippen molar-refractivity contribution in [2.75, 3.05) is 11.9 Å². The fourth-order valence-electron chi connectivity index (χ4n) is 3.00. The van der Waals surface area contributed by atoms with Gasteiger partial charge in [-0.1, -0.05) is 62.4 Å². The van der Waals surface area contributed by atoms with Gasteiger partial charge in [-0.2, -0.15) is 0 Å². The fourth-order valence-corrected chi connectivity index (χ4v) is 3.00. The molecule has 0 spiro atoms. The molecule has 28 heavy (non-hydrogen) atoms. The smallest absolute Gasteiger partial charge is 0.255 e. The van der Waals surface area contributed by atoms with Gasteiger partial charge in [0.15, 0.2) is 0 Å². The number of carbonyl (C=O) groups excluding carboxylic acids is 1. The van der Waals surface area contributed by atoms with Crippen LogP contribution in [0.5, 0.6) is 5.75 Å². The average Bonchev–Trinajstić information content (AvgIpc) is 2.72. The van der Waals surface area contributed by atoms with Crippen molar-refractivity contribution in [1.82, 2.24) is 0 Å². The maximum Gasteiger partial charge on any atom is 0.255 e. The van der Waals surface area contributed by atoms with Crippen LogP contribution in [0.25, 0.3) is 0 Å². The van der Waals surface area contributed by atoms with Gasteiger partial charge in [-0.05, 0) is 54.2 Å². The van der Waals surface area contributed by atoms with Gasteiger partial charge in [0, 0.05) is 17.3 Å². The molecule has 0 atom stereocenters. The van der Waals surface area contributed by atoms with Crippen molar-refractivity contribution in [2.45, 2.75) is 32.6 Å². The maximum absolute atomic E-state index is 12.5. The normalized spacial score (nSPS) is 10.7. The summed E-state index contributed by atoms with van der Waals surface area (Å²) in [6.07, 6.45) is 1.94. The Kier molecular flexibility index (Phi) is 6.85. The van der Waals surface area contributed by atoms with Crippen molar-refractivity contribution in [3.63, 3.8) is 0 Å². The lowest BCUT2D eigenvalue weighted by Crippen LogP contribution is -2.12. The molecule has 3 nitrogen and oxygen atoms in total. The fraction of sp³-hybridized carbons (Fsp3) is 0.240. The van der Waals surface area contributed by atoms with Crippen LogP contribution in [0.4, 0.5) is 5.69 Å². The number of hydrogen-bond acceptors (Lipinski definition) is 2. The molecule has 144 valence electrons. The van der Waals surface area contributed by atoms with Gasteiger partial charge in [0.05, 0.1) is 6.61 Å². The van der Waals surface area contributed by atoms with E-state index in [-0.39, 0.29) is 5.91 Å². The van der Waals surface area contributed by atoms with E-state index in [4.69, 9.17) is 4.74 Å². The van der Waals surface area contributed by atoms with Gasteiger partial charge in [-0.3, -0.25) is 4.79 Å². The minimum Gasteiger partial charge on any atom is -0.494 e. The topological polar surface area (TPSA) is 38.3 Å². The standard InChI is InChI=1S/C25H27NO2/c1-19(2)21-13-15-22(16-14-21)25(27)26-23-11-6-12-24(18-23)28-17-7-10-20-8-4-3-5-9-20/h3-6,8-9,11-16,18-19H,7,10,17H2,1-2H3,(H,26,27). The van der Waals surface area contributed by atoms with Gasteiger partial charge in [-0.15, -0.1) is 0 Å². The van der Waals surface area contributed by atoms with Gasteiger partial charge >= 0.3 is 0 Å². The number of nitrogens with one attached hydrogen (secondary N) is 1. The van der Waals surface area contributed by atoms with E-state index in [1.54, 1.807) is 0 Å². The first kappa shape index (κ1) is 19.7. The van der Waals surface area contributed by atoms with Crippen LogP contribution in [0.2, 0.25) is 0 Å². The SMILES string of the molecule is CC(C)c1ccc(C(=O)Nc2cccc(OCCCc3ccccc3)c2)cc1. The third-order valence-corrected chi connectivity index (χ3v) is 4.65. The van der Waals surface area contributed by atoms with Gasteiger partial charge in [0.2, 0.25) is 0 Å². The maximum atomic E-state index is 12.5. The van der Waals surface area contributed by atoms with Gasteiger partial charge in [0.25, 0.3) is 5.91 Å². The molecule has 3 rings (SSSR count). The van der Waals surface area contributed by atoms with E-state index in [1.165, 1.54) is 11.1 Å². The van der Waals surface area contributed by atoms with Gasteiger partial charge < -0.3 is 10.1 Å². The van der Waals surface area contributed by atoms with Crippen molar-refractivity contribution >= 4 is 11.6 Å². The van der Waals surface area contributed by atoms with Crippen LogP contribution >= 0.6 is 0 Å². The van der Waals surface area contributed by atoms with E-state index in [1.807, 2.05) is 54.6 Å². The third-order valence-electron chi connectivity index (χ3n) is 4.65. The molecule has 1 amide bonds. The zero-order valence-electron chi connectivity index (χ0n) is 16.5. The summed E-state index contributed by atoms with van der Waals surface area (Å²) in [5.74, 6) is 1.10. The molecule has 0 aromatic heterocycles. The number of ether oxygens (including phenoxy) is 1. The highest BCUT2D eigenvalue weighted by molar-refractivity contribution is 6.04. The summed E-state index contributed by atoms with van der Waals surface area (Å²) >= 11 is 0. The first-order chi connectivity index (χ1) is 13.6. The molecule has 0 radical (unpaired) electrons. The van der Waals surface area contributed by atoms with Crippen molar-refractivity contribution in [3.8, 4) is 5.75 Å². The second-order valence-corrected chi connectivity index (χ2v) is 7.20. The summed E-state index contributed by atoms with van der Waals surface area (Å²) < 4.78 is 5.85. The summed E-state index contributed by atoms with van der Waals surface area (Å²) in [4.78, 5) is 12.5. The van der Waals surface area contributed by atoms with E-state index >= 15 is 0 Å². The van der Waals surface area contributed by atoms with Gasteiger partial charge in [-0.25, -0.2) is 0 Å². The molecule has 0 fully saturated rings. The molecule has 3 aromatic carbocycles. The lowest BCUT2D eigenvalue weighted by molar-refractivity contribution is 0.102. The zero-order chi connectivity index (χ0) is 19.8. The van der Waals surface area contributed by atoms with Crippen molar-refractivity contribution in [1.29, 1.82) is 0 Å². The summed E-state index contributed by atoms with van der Waals surface area (Å²) in [6, 6.07) is 25.7. The average molecular weight is 373 g/mol. The predicted molar refractivity (Wildman–Crippen MR) is 115 cm³/mol. The highest BCUT2D eigenvalue weighted by Crippen LogP contribution is 2.20. The molecule has 0 unspecified atom stereocenters. The quantitative estimate of drug-likeness (QED) is 0.486. The van der Waals surface area contributed by atoms with Crippen LogP contribution < -0.4 is 10.1 Å². The molecule has 0 aliphatic rings. The zero-order valence-corrected chi connectivity index (χ0v) is 16.5. The van der Waals surface area contributed by atoms with Crippen LogP contribution in [-0.2, 0) is 6.42 Å². The van der Waals surface area contributed by atoms with E-state index in [9.17, 15) is 4.79 Å². The Morgan fingerprint density at radius 1 is 0.929 bits per heavy atom. The molecule has 0 aliphatic carbocycles. The molecule has 3 heteroatoms. The highest BCUT2D eigenvalue weighted by atomic mass is 16.5. The van der Waals surface area contributed by atoms with E-state index in [0.717, 1.165) is 24.3 Å². The number of carbonyl (C=O) groups is 1.